The lowest BCUT2D eigenvalue weighted by Gasteiger charge is -2.29. The Hall–Kier alpha value is -2.50. The molecule has 0 atom stereocenters. The van der Waals surface area contributed by atoms with E-state index in [9.17, 15) is 4.79 Å². The first kappa shape index (κ1) is 15.4. The van der Waals surface area contributed by atoms with Crippen LogP contribution in [0.4, 0.5) is 4.79 Å². The molecule has 2 aromatic rings. The van der Waals surface area contributed by atoms with Crippen molar-refractivity contribution in [3.05, 3.63) is 46.8 Å². The van der Waals surface area contributed by atoms with Crippen LogP contribution in [0, 0.1) is 6.92 Å². The number of nitrogens with one attached hydrogen (secondary N) is 1. The molecular formula is C17H22N4O2. The van der Waals surface area contributed by atoms with Gasteiger partial charge in [-0.25, -0.2) is 4.79 Å². The molecule has 0 fully saturated rings. The molecule has 1 aliphatic rings. The third-order valence-electron chi connectivity index (χ3n) is 4.25. The standard InChI is InChI=1S/C17H22N4O2/c1-12-9-14(20(2)19-12)10-18-17(22)21-8-7-15-13(11-21)5-4-6-16(15)23-3/h4-6,9H,7-8,10-11H2,1-3H3,(H,18,22). The minimum absolute atomic E-state index is 0.0441. The number of benzene rings is 1. The number of hydrogen-bond acceptors (Lipinski definition) is 3. The van der Waals surface area contributed by atoms with Gasteiger partial charge in [0.2, 0.25) is 0 Å². The van der Waals surface area contributed by atoms with E-state index in [1.54, 1.807) is 11.8 Å². The van der Waals surface area contributed by atoms with Gasteiger partial charge in [0.25, 0.3) is 0 Å². The van der Waals surface area contributed by atoms with Crippen LogP contribution in [0.2, 0.25) is 0 Å². The molecule has 3 rings (SSSR count). The molecule has 1 N–H and O–H groups in total. The monoisotopic (exact) mass is 314 g/mol. The summed E-state index contributed by atoms with van der Waals surface area (Å²) in [7, 11) is 3.57. The fourth-order valence-corrected chi connectivity index (χ4v) is 3.05. The molecule has 0 unspecified atom stereocenters. The average Bonchev–Trinajstić information content (AvgIpc) is 2.89. The normalized spacial score (nSPS) is 13.6. The number of ether oxygens (including phenoxy) is 1. The Morgan fingerprint density at radius 2 is 2.26 bits per heavy atom. The zero-order valence-corrected chi connectivity index (χ0v) is 13.8. The molecule has 6 heteroatoms. The number of carbonyl (C=O) groups excluding carboxylic acids is 1. The summed E-state index contributed by atoms with van der Waals surface area (Å²) >= 11 is 0. The first-order valence-corrected chi connectivity index (χ1v) is 7.75. The van der Waals surface area contributed by atoms with Crippen LogP contribution in [-0.2, 0) is 26.6 Å². The lowest BCUT2D eigenvalue weighted by Crippen LogP contribution is -2.42. The van der Waals surface area contributed by atoms with E-state index in [0.29, 0.717) is 19.6 Å². The van der Waals surface area contributed by atoms with Gasteiger partial charge in [-0.1, -0.05) is 12.1 Å². The second kappa shape index (κ2) is 6.32. The smallest absolute Gasteiger partial charge is 0.318 e. The largest absolute Gasteiger partial charge is 0.496 e. The summed E-state index contributed by atoms with van der Waals surface area (Å²) < 4.78 is 7.20. The molecule has 2 amide bonds. The van der Waals surface area contributed by atoms with E-state index >= 15 is 0 Å². The van der Waals surface area contributed by atoms with Crippen molar-refractivity contribution in [1.29, 1.82) is 0 Å². The van der Waals surface area contributed by atoms with Gasteiger partial charge in [0, 0.05) is 25.7 Å². The van der Waals surface area contributed by atoms with Crippen LogP contribution in [0.25, 0.3) is 0 Å². The van der Waals surface area contributed by atoms with Crippen molar-refractivity contribution in [3.63, 3.8) is 0 Å². The highest BCUT2D eigenvalue weighted by molar-refractivity contribution is 5.74. The minimum Gasteiger partial charge on any atom is -0.496 e. The Morgan fingerprint density at radius 3 is 2.96 bits per heavy atom. The molecule has 1 aromatic heterocycles. The van der Waals surface area contributed by atoms with Crippen molar-refractivity contribution >= 4 is 6.03 Å². The van der Waals surface area contributed by atoms with Gasteiger partial charge in [-0.3, -0.25) is 4.68 Å². The first-order valence-electron chi connectivity index (χ1n) is 7.75. The van der Waals surface area contributed by atoms with E-state index < -0.39 is 0 Å². The zero-order valence-electron chi connectivity index (χ0n) is 13.8. The Labute approximate surface area is 136 Å². The fraction of sp³-hybridized carbons (Fsp3) is 0.412. The number of fused-ring (bicyclic) bond motifs is 1. The number of aromatic nitrogens is 2. The lowest BCUT2D eigenvalue weighted by atomic mass is 9.99. The predicted octanol–water partition coefficient (Wildman–Crippen LogP) is 2.01. The number of carbonyl (C=O) groups is 1. The van der Waals surface area contributed by atoms with Crippen molar-refractivity contribution in [2.75, 3.05) is 13.7 Å². The summed E-state index contributed by atoms with van der Waals surface area (Å²) in [6.45, 7) is 3.74. The molecule has 0 spiro atoms. The zero-order chi connectivity index (χ0) is 16.4. The van der Waals surface area contributed by atoms with E-state index in [0.717, 1.165) is 29.1 Å². The quantitative estimate of drug-likeness (QED) is 0.943. The molecule has 1 aliphatic heterocycles. The number of aryl methyl sites for hydroxylation is 2. The molecule has 0 saturated carbocycles. The van der Waals surface area contributed by atoms with Crippen LogP contribution >= 0.6 is 0 Å². The van der Waals surface area contributed by atoms with E-state index in [1.807, 2.05) is 37.1 Å². The number of methoxy groups -OCH3 is 1. The molecule has 1 aromatic carbocycles. The molecule has 6 nitrogen and oxygen atoms in total. The van der Waals surface area contributed by atoms with Gasteiger partial charge in [0.05, 0.1) is 25.0 Å². The summed E-state index contributed by atoms with van der Waals surface area (Å²) in [5, 5.41) is 7.27. The third-order valence-corrected chi connectivity index (χ3v) is 4.25. The molecule has 23 heavy (non-hydrogen) atoms. The van der Waals surface area contributed by atoms with Gasteiger partial charge in [-0.2, -0.15) is 5.10 Å². The molecule has 0 saturated heterocycles. The first-order chi connectivity index (χ1) is 11.1. The van der Waals surface area contributed by atoms with Crippen molar-refractivity contribution in [2.24, 2.45) is 7.05 Å². The number of amides is 2. The lowest BCUT2D eigenvalue weighted by molar-refractivity contribution is 0.191. The van der Waals surface area contributed by atoms with Crippen LogP contribution in [-0.4, -0.2) is 34.4 Å². The Balaban J connectivity index is 1.64. The van der Waals surface area contributed by atoms with E-state index in [4.69, 9.17) is 4.74 Å². The predicted molar refractivity (Wildman–Crippen MR) is 87.3 cm³/mol. The second-order valence-electron chi connectivity index (χ2n) is 5.83. The minimum atomic E-state index is -0.0441. The molecular weight excluding hydrogens is 292 g/mol. The average molecular weight is 314 g/mol. The van der Waals surface area contributed by atoms with Gasteiger partial charge in [-0.15, -0.1) is 0 Å². The maximum absolute atomic E-state index is 12.4. The van der Waals surface area contributed by atoms with Gasteiger partial charge >= 0.3 is 6.03 Å². The highest BCUT2D eigenvalue weighted by Crippen LogP contribution is 2.27. The number of rotatable bonds is 3. The fourth-order valence-electron chi connectivity index (χ4n) is 3.05. The summed E-state index contributed by atoms with van der Waals surface area (Å²) in [6, 6.07) is 7.94. The third kappa shape index (κ3) is 3.16. The number of urea groups is 1. The summed E-state index contributed by atoms with van der Waals surface area (Å²) in [4.78, 5) is 14.2. The Bertz CT molecular complexity index is 723. The highest BCUT2D eigenvalue weighted by atomic mass is 16.5. The highest BCUT2D eigenvalue weighted by Gasteiger charge is 2.22. The van der Waals surface area contributed by atoms with Crippen molar-refractivity contribution in [1.82, 2.24) is 20.0 Å². The van der Waals surface area contributed by atoms with Gasteiger partial charge in [-0.05, 0) is 31.0 Å². The molecule has 0 bridgehead atoms. The van der Waals surface area contributed by atoms with Crippen LogP contribution in [0.1, 0.15) is 22.5 Å². The van der Waals surface area contributed by atoms with Crippen LogP contribution in [0.5, 0.6) is 5.75 Å². The Morgan fingerprint density at radius 1 is 1.43 bits per heavy atom. The van der Waals surface area contributed by atoms with Crippen LogP contribution < -0.4 is 10.1 Å². The number of nitrogens with zero attached hydrogens (tertiary/aromatic N) is 3. The Kier molecular flexibility index (Phi) is 4.23. The maximum Gasteiger partial charge on any atom is 0.318 e. The summed E-state index contributed by atoms with van der Waals surface area (Å²) in [5.74, 6) is 0.910. The number of hydrogen-bond donors (Lipinski definition) is 1. The van der Waals surface area contributed by atoms with Gasteiger partial charge in [0.15, 0.2) is 0 Å². The molecule has 0 aliphatic carbocycles. The van der Waals surface area contributed by atoms with Crippen LogP contribution in [0.15, 0.2) is 24.3 Å². The van der Waals surface area contributed by atoms with E-state index in [2.05, 4.69) is 16.5 Å². The molecule has 122 valence electrons. The van der Waals surface area contributed by atoms with Crippen LogP contribution in [0.3, 0.4) is 0 Å². The van der Waals surface area contributed by atoms with E-state index in [-0.39, 0.29) is 6.03 Å². The van der Waals surface area contributed by atoms with Gasteiger partial charge < -0.3 is 15.0 Å². The van der Waals surface area contributed by atoms with E-state index in [1.165, 1.54) is 5.56 Å². The molecule has 0 radical (unpaired) electrons. The summed E-state index contributed by atoms with van der Waals surface area (Å²) in [5.41, 5.74) is 4.31. The summed E-state index contributed by atoms with van der Waals surface area (Å²) in [6.07, 6.45) is 0.817. The second-order valence-corrected chi connectivity index (χ2v) is 5.83. The van der Waals surface area contributed by atoms with Crippen molar-refractivity contribution < 1.29 is 9.53 Å². The van der Waals surface area contributed by atoms with Crippen molar-refractivity contribution in [2.45, 2.75) is 26.4 Å². The molecule has 2 heterocycles. The topological polar surface area (TPSA) is 59.4 Å². The van der Waals surface area contributed by atoms with Crippen molar-refractivity contribution in [3.8, 4) is 5.75 Å². The maximum atomic E-state index is 12.4. The SMILES string of the molecule is COc1cccc2c1CCN(C(=O)NCc1cc(C)nn1C)C2. The van der Waals surface area contributed by atoms with Gasteiger partial charge in [0.1, 0.15) is 5.75 Å².